The van der Waals surface area contributed by atoms with E-state index in [2.05, 4.69) is 25.0 Å². The Balaban J connectivity index is 3.05. The van der Waals surface area contributed by atoms with Gasteiger partial charge in [0.2, 0.25) is 0 Å². The first kappa shape index (κ1) is 7.06. The second-order valence-electron chi connectivity index (χ2n) is 2.30. The van der Waals surface area contributed by atoms with Crippen LogP contribution in [0.15, 0.2) is 17.4 Å². The minimum absolute atomic E-state index is 1.21. The van der Waals surface area contributed by atoms with Crippen molar-refractivity contribution >= 4 is 6.21 Å². The summed E-state index contributed by atoms with van der Waals surface area (Å²) in [5.74, 6) is 0. The quantitative estimate of drug-likeness (QED) is 0.525. The minimum Gasteiger partial charge on any atom is -0.246 e. The predicted octanol–water partition coefficient (Wildman–Crippen LogP) is 1.96. The van der Waals surface area contributed by atoms with E-state index in [9.17, 15) is 0 Å². The molecular formula is C8H12N2. The van der Waals surface area contributed by atoms with Gasteiger partial charge in [-0.1, -0.05) is 0 Å². The SMILES string of the molecule is CC=Nn1ccc(C)c1C. The molecule has 0 atom stereocenters. The third-order valence-corrected chi connectivity index (χ3v) is 1.62. The number of hydrogen-bond donors (Lipinski definition) is 0. The van der Waals surface area contributed by atoms with E-state index in [0.29, 0.717) is 0 Å². The van der Waals surface area contributed by atoms with Crippen LogP contribution in [0.5, 0.6) is 0 Å². The summed E-state index contributed by atoms with van der Waals surface area (Å²) in [6, 6.07) is 2.06. The molecule has 0 aliphatic rings. The molecule has 0 aliphatic heterocycles. The molecule has 0 unspecified atom stereocenters. The van der Waals surface area contributed by atoms with Gasteiger partial charge >= 0.3 is 0 Å². The van der Waals surface area contributed by atoms with Gasteiger partial charge in [-0.05, 0) is 32.4 Å². The van der Waals surface area contributed by atoms with Crippen molar-refractivity contribution in [3.63, 3.8) is 0 Å². The Kier molecular flexibility index (Phi) is 1.90. The number of nitrogens with zero attached hydrogens (tertiary/aromatic N) is 2. The predicted molar refractivity (Wildman–Crippen MR) is 43.5 cm³/mol. The van der Waals surface area contributed by atoms with Crippen LogP contribution in [0.4, 0.5) is 0 Å². The normalized spacial score (nSPS) is 11.1. The lowest BCUT2D eigenvalue weighted by Gasteiger charge is -1.95. The van der Waals surface area contributed by atoms with Crippen molar-refractivity contribution in [1.82, 2.24) is 4.68 Å². The second-order valence-corrected chi connectivity index (χ2v) is 2.30. The van der Waals surface area contributed by atoms with Gasteiger partial charge in [0, 0.05) is 18.1 Å². The van der Waals surface area contributed by atoms with Gasteiger partial charge < -0.3 is 0 Å². The largest absolute Gasteiger partial charge is 0.246 e. The van der Waals surface area contributed by atoms with Gasteiger partial charge in [0.05, 0.1) is 0 Å². The number of rotatable bonds is 1. The molecule has 1 aromatic rings. The average molecular weight is 136 g/mol. The van der Waals surface area contributed by atoms with Crippen molar-refractivity contribution in [2.24, 2.45) is 5.10 Å². The highest BCUT2D eigenvalue weighted by atomic mass is 15.3. The van der Waals surface area contributed by atoms with E-state index in [4.69, 9.17) is 0 Å². The van der Waals surface area contributed by atoms with E-state index in [-0.39, 0.29) is 0 Å². The Labute approximate surface area is 61.2 Å². The molecular weight excluding hydrogens is 124 g/mol. The Bertz CT molecular complexity index is 246. The van der Waals surface area contributed by atoms with Crippen LogP contribution >= 0.6 is 0 Å². The Morgan fingerprint density at radius 2 is 2.20 bits per heavy atom. The van der Waals surface area contributed by atoms with Gasteiger partial charge in [-0.3, -0.25) is 0 Å². The van der Waals surface area contributed by atoms with Crippen molar-refractivity contribution in [3.8, 4) is 0 Å². The third kappa shape index (κ3) is 1.10. The molecule has 0 aromatic carbocycles. The van der Waals surface area contributed by atoms with Gasteiger partial charge in [-0.25, -0.2) is 4.68 Å². The van der Waals surface area contributed by atoms with E-state index in [1.54, 1.807) is 6.21 Å². The van der Waals surface area contributed by atoms with E-state index < -0.39 is 0 Å². The maximum absolute atomic E-state index is 4.12. The van der Waals surface area contributed by atoms with Gasteiger partial charge in [0.1, 0.15) is 0 Å². The molecule has 0 spiro atoms. The van der Waals surface area contributed by atoms with E-state index in [1.807, 2.05) is 17.8 Å². The first-order valence-electron chi connectivity index (χ1n) is 3.39. The summed E-state index contributed by atoms with van der Waals surface area (Å²) in [6.45, 7) is 6.05. The molecule has 1 heterocycles. The third-order valence-electron chi connectivity index (χ3n) is 1.62. The van der Waals surface area contributed by atoms with Crippen LogP contribution in [0.25, 0.3) is 0 Å². The molecule has 1 rings (SSSR count). The summed E-state index contributed by atoms with van der Waals surface area (Å²) in [6.07, 6.45) is 3.75. The van der Waals surface area contributed by atoms with Crippen molar-refractivity contribution in [1.29, 1.82) is 0 Å². The molecule has 2 heteroatoms. The van der Waals surface area contributed by atoms with Crippen LogP contribution in [0, 0.1) is 13.8 Å². The highest BCUT2D eigenvalue weighted by molar-refractivity contribution is 5.53. The summed E-state index contributed by atoms with van der Waals surface area (Å²) in [7, 11) is 0. The molecule has 0 N–H and O–H groups in total. The van der Waals surface area contributed by atoms with Gasteiger partial charge in [0.15, 0.2) is 0 Å². The highest BCUT2D eigenvalue weighted by Gasteiger charge is 1.95. The fraction of sp³-hybridized carbons (Fsp3) is 0.375. The smallest absolute Gasteiger partial charge is 0.0418 e. The Hall–Kier alpha value is -1.05. The zero-order valence-corrected chi connectivity index (χ0v) is 6.63. The fourth-order valence-electron chi connectivity index (χ4n) is 0.845. The molecule has 0 saturated carbocycles. The lowest BCUT2D eigenvalue weighted by Crippen LogP contribution is -1.89. The Morgan fingerprint density at radius 1 is 1.50 bits per heavy atom. The zero-order chi connectivity index (χ0) is 7.56. The van der Waals surface area contributed by atoms with Crippen molar-refractivity contribution in [2.75, 3.05) is 0 Å². The molecule has 10 heavy (non-hydrogen) atoms. The standard InChI is InChI=1S/C8H12N2/c1-4-9-10-6-5-7(2)8(10)3/h4-6H,1-3H3. The molecule has 0 radical (unpaired) electrons. The number of hydrogen-bond acceptors (Lipinski definition) is 1. The maximum Gasteiger partial charge on any atom is 0.0418 e. The molecule has 1 aromatic heterocycles. The zero-order valence-electron chi connectivity index (χ0n) is 6.63. The number of aryl methyl sites for hydroxylation is 1. The molecule has 0 saturated heterocycles. The van der Waals surface area contributed by atoms with Crippen LogP contribution < -0.4 is 0 Å². The Morgan fingerprint density at radius 3 is 2.60 bits per heavy atom. The van der Waals surface area contributed by atoms with Crippen molar-refractivity contribution < 1.29 is 0 Å². The molecule has 54 valence electrons. The van der Waals surface area contributed by atoms with Crippen LogP contribution in [-0.2, 0) is 0 Å². The molecule has 0 bridgehead atoms. The summed E-state index contributed by atoms with van der Waals surface area (Å²) >= 11 is 0. The van der Waals surface area contributed by atoms with Crippen molar-refractivity contribution in [3.05, 3.63) is 23.5 Å². The molecule has 0 amide bonds. The van der Waals surface area contributed by atoms with Gasteiger partial charge in [-0.2, -0.15) is 5.10 Å². The number of aromatic nitrogens is 1. The fourth-order valence-corrected chi connectivity index (χ4v) is 0.845. The minimum atomic E-state index is 1.21. The topological polar surface area (TPSA) is 17.3 Å². The summed E-state index contributed by atoms with van der Waals surface area (Å²) < 4.78 is 1.87. The van der Waals surface area contributed by atoms with E-state index in [0.717, 1.165) is 0 Å². The molecule has 0 fully saturated rings. The molecule has 2 nitrogen and oxygen atoms in total. The summed E-state index contributed by atoms with van der Waals surface area (Å²) in [5.41, 5.74) is 2.49. The lowest BCUT2D eigenvalue weighted by molar-refractivity contribution is 0.848. The van der Waals surface area contributed by atoms with Gasteiger partial charge in [-0.15, -0.1) is 0 Å². The maximum atomic E-state index is 4.12. The average Bonchev–Trinajstić information content (AvgIpc) is 2.20. The first-order valence-corrected chi connectivity index (χ1v) is 3.39. The summed E-state index contributed by atoms with van der Waals surface area (Å²) in [5, 5.41) is 4.12. The van der Waals surface area contributed by atoms with Crippen LogP contribution in [0.2, 0.25) is 0 Å². The highest BCUT2D eigenvalue weighted by Crippen LogP contribution is 2.06. The van der Waals surface area contributed by atoms with Crippen molar-refractivity contribution in [2.45, 2.75) is 20.8 Å². The first-order chi connectivity index (χ1) is 4.75. The monoisotopic (exact) mass is 136 g/mol. The van der Waals surface area contributed by atoms with Crippen LogP contribution in [-0.4, -0.2) is 10.9 Å². The van der Waals surface area contributed by atoms with E-state index in [1.165, 1.54) is 11.3 Å². The van der Waals surface area contributed by atoms with Crippen LogP contribution in [0.1, 0.15) is 18.2 Å². The van der Waals surface area contributed by atoms with E-state index >= 15 is 0 Å². The second kappa shape index (κ2) is 2.69. The van der Waals surface area contributed by atoms with Gasteiger partial charge in [0.25, 0.3) is 0 Å². The molecule has 0 aliphatic carbocycles. The van der Waals surface area contributed by atoms with Crippen LogP contribution in [0.3, 0.4) is 0 Å². The summed E-state index contributed by atoms with van der Waals surface area (Å²) in [4.78, 5) is 0. The lowest BCUT2D eigenvalue weighted by atomic mass is 10.3.